The maximum atomic E-state index is 9.31. The van der Waals surface area contributed by atoms with E-state index >= 15 is 0 Å². The average Bonchev–Trinajstić information content (AvgIpc) is 2.81. The lowest BCUT2D eigenvalue weighted by Crippen LogP contribution is -2.35. The van der Waals surface area contributed by atoms with Crippen molar-refractivity contribution in [1.29, 1.82) is 0 Å². The summed E-state index contributed by atoms with van der Waals surface area (Å²) in [6.07, 6.45) is 7.63. The van der Waals surface area contributed by atoms with E-state index < -0.39 is 0 Å². The molecule has 4 unspecified atom stereocenters. The molecule has 0 aromatic heterocycles. The van der Waals surface area contributed by atoms with Gasteiger partial charge in [0.15, 0.2) is 0 Å². The summed E-state index contributed by atoms with van der Waals surface area (Å²) in [5.41, 5.74) is 0. The van der Waals surface area contributed by atoms with Crippen molar-refractivity contribution in [2.45, 2.75) is 65.3 Å². The van der Waals surface area contributed by atoms with Crippen molar-refractivity contribution >= 4 is 0 Å². The van der Waals surface area contributed by atoms with Crippen LogP contribution in [0.3, 0.4) is 0 Å². The van der Waals surface area contributed by atoms with E-state index in [1.54, 1.807) is 0 Å². The molecule has 0 amide bonds. The standard InChI is InChI=1S/C15H31NO/c1-4-12(3)9-15(5-2)16-10-13-7-6-8-14(13)11-17/h12-17H,4-11H2,1-3H3. The molecule has 4 atom stereocenters. The van der Waals surface area contributed by atoms with Crippen LogP contribution in [0.5, 0.6) is 0 Å². The smallest absolute Gasteiger partial charge is 0.0462 e. The highest BCUT2D eigenvalue weighted by atomic mass is 16.3. The highest BCUT2D eigenvalue weighted by molar-refractivity contribution is 4.80. The minimum atomic E-state index is 0.383. The van der Waals surface area contributed by atoms with E-state index in [1.165, 1.54) is 38.5 Å². The van der Waals surface area contributed by atoms with Crippen LogP contribution in [0.15, 0.2) is 0 Å². The summed E-state index contributed by atoms with van der Waals surface area (Å²) < 4.78 is 0. The molecule has 1 fully saturated rings. The molecule has 1 aliphatic rings. The predicted molar refractivity (Wildman–Crippen MR) is 74.1 cm³/mol. The first-order valence-electron chi connectivity index (χ1n) is 7.55. The van der Waals surface area contributed by atoms with Crippen LogP contribution >= 0.6 is 0 Å². The summed E-state index contributed by atoms with van der Waals surface area (Å²) in [4.78, 5) is 0. The van der Waals surface area contributed by atoms with Gasteiger partial charge in [0, 0.05) is 12.6 Å². The average molecular weight is 241 g/mol. The molecule has 0 bridgehead atoms. The molecule has 0 saturated heterocycles. The molecule has 102 valence electrons. The second-order valence-corrected chi connectivity index (χ2v) is 5.90. The van der Waals surface area contributed by atoms with Crippen LogP contribution in [0.25, 0.3) is 0 Å². The van der Waals surface area contributed by atoms with Gasteiger partial charge in [-0.3, -0.25) is 0 Å². The molecular weight excluding hydrogens is 210 g/mol. The number of aliphatic hydroxyl groups excluding tert-OH is 1. The van der Waals surface area contributed by atoms with Crippen LogP contribution < -0.4 is 5.32 Å². The Hall–Kier alpha value is -0.0800. The van der Waals surface area contributed by atoms with E-state index in [2.05, 4.69) is 26.1 Å². The SMILES string of the molecule is CCC(C)CC(CC)NCC1CCCC1CO. The molecule has 1 rings (SSSR count). The summed E-state index contributed by atoms with van der Waals surface area (Å²) in [7, 11) is 0. The van der Waals surface area contributed by atoms with Gasteiger partial charge in [0.2, 0.25) is 0 Å². The van der Waals surface area contributed by atoms with Gasteiger partial charge in [-0.15, -0.1) is 0 Å². The molecule has 2 N–H and O–H groups in total. The van der Waals surface area contributed by atoms with Gasteiger partial charge < -0.3 is 10.4 Å². The highest BCUT2D eigenvalue weighted by Crippen LogP contribution is 2.30. The minimum absolute atomic E-state index is 0.383. The molecule has 0 radical (unpaired) electrons. The van der Waals surface area contributed by atoms with E-state index in [0.29, 0.717) is 24.5 Å². The summed E-state index contributed by atoms with van der Waals surface area (Å²) >= 11 is 0. The fraction of sp³-hybridized carbons (Fsp3) is 1.00. The van der Waals surface area contributed by atoms with E-state index in [0.717, 1.165) is 12.5 Å². The van der Waals surface area contributed by atoms with Crippen molar-refractivity contribution in [3.8, 4) is 0 Å². The maximum absolute atomic E-state index is 9.31. The molecule has 0 aliphatic heterocycles. The van der Waals surface area contributed by atoms with E-state index in [-0.39, 0.29) is 0 Å². The lowest BCUT2D eigenvalue weighted by molar-refractivity contribution is 0.188. The molecule has 1 saturated carbocycles. The number of hydrogen-bond acceptors (Lipinski definition) is 2. The van der Waals surface area contributed by atoms with Gasteiger partial charge in [-0.25, -0.2) is 0 Å². The van der Waals surface area contributed by atoms with Gasteiger partial charge in [0.05, 0.1) is 0 Å². The second-order valence-electron chi connectivity index (χ2n) is 5.90. The Kier molecular flexibility index (Phi) is 7.14. The zero-order valence-corrected chi connectivity index (χ0v) is 11.9. The fourth-order valence-electron chi connectivity index (χ4n) is 2.99. The Morgan fingerprint density at radius 1 is 1.18 bits per heavy atom. The molecule has 2 heteroatoms. The lowest BCUT2D eigenvalue weighted by Gasteiger charge is -2.24. The topological polar surface area (TPSA) is 32.3 Å². The van der Waals surface area contributed by atoms with Crippen LogP contribution in [-0.2, 0) is 0 Å². The van der Waals surface area contributed by atoms with Gasteiger partial charge in [-0.2, -0.15) is 0 Å². The Morgan fingerprint density at radius 2 is 1.88 bits per heavy atom. The van der Waals surface area contributed by atoms with Crippen LogP contribution in [0.2, 0.25) is 0 Å². The lowest BCUT2D eigenvalue weighted by atomic mass is 9.94. The second kappa shape index (κ2) is 8.10. The minimum Gasteiger partial charge on any atom is -0.396 e. The van der Waals surface area contributed by atoms with Gasteiger partial charge in [0.1, 0.15) is 0 Å². The highest BCUT2D eigenvalue weighted by Gasteiger charge is 2.26. The van der Waals surface area contributed by atoms with E-state index in [4.69, 9.17) is 0 Å². The molecule has 0 aromatic carbocycles. The Balaban J connectivity index is 2.26. The number of rotatable bonds is 8. The van der Waals surface area contributed by atoms with Crippen molar-refractivity contribution in [1.82, 2.24) is 5.32 Å². The van der Waals surface area contributed by atoms with Crippen LogP contribution in [-0.4, -0.2) is 24.3 Å². The fourth-order valence-corrected chi connectivity index (χ4v) is 2.99. The summed E-state index contributed by atoms with van der Waals surface area (Å²) in [6.45, 7) is 8.39. The Bertz CT molecular complexity index is 195. The number of nitrogens with one attached hydrogen (secondary N) is 1. The van der Waals surface area contributed by atoms with Gasteiger partial charge in [0.25, 0.3) is 0 Å². The molecule has 0 aromatic rings. The zero-order valence-electron chi connectivity index (χ0n) is 11.9. The monoisotopic (exact) mass is 241 g/mol. The third-order valence-electron chi connectivity index (χ3n) is 4.60. The van der Waals surface area contributed by atoms with Crippen molar-refractivity contribution in [2.24, 2.45) is 17.8 Å². The summed E-state index contributed by atoms with van der Waals surface area (Å²) in [5, 5.41) is 13.0. The first-order chi connectivity index (χ1) is 8.21. The van der Waals surface area contributed by atoms with Gasteiger partial charge in [-0.05, 0) is 50.0 Å². The number of aliphatic hydroxyl groups is 1. The van der Waals surface area contributed by atoms with Crippen molar-refractivity contribution in [3.63, 3.8) is 0 Å². The Morgan fingerprint density at radius 3 is 2.47 bits per heavy atom. The number of hydrogen-bond donors (Lipinski definition) is 2. The van der Waals surface area contributed by atoms with E-state index in [9.17, 15) is 5.11 Å². The van der Waals surface area contributed by atoms with Gasteiger partial charge >= 0.3 is 0 Å². The van der Waals surface area contributed by atoms with Crippen LogP contribution in [0.1, 0.15) is 59.3 Å². The third kappa shape index (κ3) is 4.97. The molecular formula is C15H31NO. The van der Waals surface area contributed by atoms with Crippen LogP contribution in [0.4, 0.5) is 0 Å². The van der Waals surface area contributed by atoms with Crippen molar-refractivity contribution in [2.75, 3.05) is 13.2 Å². The molecule has 0 heterocycles. The van der Waals surface area contributed by atoms with E-state index in [1.807, 2.05) is 0 Å². The zero-order chi connectivity index (χ0) is 12.7. The summed E-state index contributed by atoms with van der Waals surface area (Å²) in [6, 6.07) is 0.671. The predicted octanol–water partition coefficient (Wildman–Crippen LogP) is 3.20. The Labute approximate surface area is 107 Å². The normalized spacial score (nSPS) is 28.2. The van der Waals surface area contributed by atoms with Crippen molar-refractivity contribution < 1.29 is 5.11 Å². The summed E-state index contributed by atoms with van der Waals surface area (Å²) in [5.74, 6) is 2.10. The molecule has 17 heavy (non-hydrogen) atoms. The van der Waals surface area contributed by atoms with Crippen molar-refractivity contribution in [3.05, 3.63) is 0 Å². The van der Waals surface area contributed by atoms with Gasteiger partial charge in [-0.1, -0.05) is 33.6 Å². The first kappa shape index (κ1) is 15.0. The third-order valence-corrected chi connectivity index (χ3v) is 4.60. The molecule has 2 nitrogen and oxygen atoms in total. The largest absolute Gasteiger partial charge is 0.396 e. The maximum Gasteiger partial charge on any atom is 0.0462 e. The quantitative estimate of drug-likeness (QED) is 0.684. The molecule has 0 spiro atoms. The van der Waals surface area contributed by atoms with Crippen LogP contribution in [0, 0.1) is 17.8 Å². The molecule has 1 aliphatic carbocycles. The first-order valence-corrected chi connectivity index (χ1v) is 7.55.